The van der Waals surface area contributed by atoms with Crippen LogP contribution in [0.25, 0.3) is 5.70 Å². The summed E-state index contributed by atoms with van der Waals surface area (Å²) in [6.45, 7) is 5.54. The number of benzene rings is 1. The second kappa shape index (κ2) is 8.79. The van der Waals surface area contributed by atoms with Crippen LogP contribution in [-0.2, 0) is 0 Å². The van der Waals surface area contributed by atoms with E-state index in [-0.39, 0.29) is 11.1 Å². The fourth-order valence-corrected chi connectivity index (χ4v) is 3.04. The molecule has 2 rings (SSSR count). The molecule has 0 saturated carbocycles. The molecule has 25 heavy (non-hydrogen) atoms. The number of amides is 2. The summed E-state index contributed by atoms with van der Waals surface area (Å²) < 4.78 is 0. The molecule has 0 bridgehead atoms. The number of alkyl halides is 1. The summed E-state index contributed by atoms with van der Waals surface area (Å²) in [7, 11) is 0. The number of fused-ring (bicyclic) bond motifs is 1. The molecule has 0 aromatic heterocycles. The van der Waals surface area contributed by atoms with Gasteiger partial charge in [0.15, 0.2) is 0 Å². The number of allylic oxidation sites excluding steroid dienone is 5. The lowest BCUT2D eigenvalue weighted by Crippen LogP contribution is -2.33. The molecule has 6 heteroatoms. The monoisotopic (exact) mass is 378 g/mol. The maximum Gasteiger partial charge on any atom is 0.323 e. The van der Waals surface area contributed by atoms with Gasteiger partial charge in [0.2, 0.25) is 0 Å². The first-order valence-corrected chi connectivity index (χ1v) is 8.67. The molecule has 3 N–H and O–H groups in total. The van der Waals surface area contributed by atoms with Crippen LogP contribution in [-0.4, -0.2) is 11.1 Å². The number of rotatable bonds is 4. The maximum atomic E-state index is 12.4. The highest BCUT2D eigenvalue weighted by atomic mass is 35.5. The maximum absolute atomic E-state index is 12.4. The number of aromatic hydroxyl groups is 1. The first-order chi connectivity index (χ1) is 12.0. The number of phenols is 1. The molecule has 1 unspecified atom stereocenters. The topological polar surface area (TPSA) is 61.4 Å². The van der Waals surface area contributed by atoms with Crippen LogP contribution in [0.3, 0.4) is 0 Å². The summed E-state index contributed by atoms with van der Waals surface area (Å²) in [5, 5.41) is 15.5. The van der Waals surface area contributed by atoms with Gasteiger partial charge in [-0.05, 0) is 49.6 Å². The Kier molecular flexibility index (Phi) is 6.73. The number of halogens is 2. The summed E-state index contributed by atoms with van der Waals surface area (Å²) in [4.78, 5) is 12.4. The Morgan fingerprint density at radius 1 is 1.44 bits per heavy atom. The van der Waals surface area contributed by atoms with E-state index in [2.05, 4.69) is 17.2 Å². The van der Waals surface area contributed by atoms with E-state index >= 15 is 0 Å². The molecule has 0 saturated heterocycles. The van der Waals surface area contributed by atoms with Crippen LogP contribution >= 0.6 is 23.2 Å². The highest BCUT2D eigenvalue weighted by Gasteiger charge is 2.24. The second-order valence-corrected chi connectivity index (χ2v) is 6.47. The van der Waals surface area contributed by atoms with Crippen LogP contribution in [0.2, 0.25) is 0 Å². The van der Waals surface area contributed by atoms with E-state index in [0.29, 0.717) is 34.8 Å². The summed E-state index contributed by atoms with van der Waals surface area (Å²) in [6, 6.07) is 4.42. The van der Waals surface area contributed by atoms with Crippen molar-refractivity contribution in [3.8, 4) is 5.75 Å². The molecule has 0 heterocycles. The van der Waals surface area contributed by atoms with Crippen molar-refractivity contribution >= 4 is 34.9 Å². The molecular weight excluding hydrogens is 359 g/mol. The first kappa shape index (κ1) is 19.2. The van der Waals surface area contributed by atoms with Gasteiger partial charge in [-0.2, -0.15) is 0 Å². The Labute approximate surface area is 157 Å². The number of urea groups is 1. The van der Waals surface area contributed by atoms with E-state index in [9.17, 15) is 9.90 Å². The molecule has 2 amide bonds. The highest BCUT2D eigenvalue weighted by molar-refractivity contribution is 6.33. The van der Waals surface area contributed by atoms with Gasteiger partial charge in [0.1, 0.15) is 5.75 Å². The smallest absolute Gasteiger partial charge is 0.323 e. The Hall–Kier alpha value is -2.17. The zero-order chi connectivity index (χ0) is 18.4. The molecule has 0 spiro atoms. The minimum atomic E-state index is -0.453. The van der Waals surface area contributed by atoms with E-state index < -0.39 is 6.03 Å². The molecule has 0 aliphatic heterocycles. The number of hydrogen-bond donors (Lipinski definition) is 3. The van der Waals surface area contributed by atoms with Gasteiger partial charge in [-0.3, -0.25) is 0 Å². The zero-order valence-corrected chi connectivity index (χ0v) is 15.4. The summed E-state index contributed by atoms with van der Waals surface area (Å²) >= 11 is 12.8. The fraction of sp³-hybridized carbons (Fsp3) is 0.211. The zero-order valence-electron chi connectivity index (χ0n) is 13.9. The van der Waals surface area contributed by atoms with Gasteiger partial charge >= 0.3 is 6.03 Å². The van der Waals surface area contributed by atoms with Gasteiger partial charge in [-0.25, -0.2) is 4.79 Å². The van der Waals surface area contributed by atoms with Gasteiger partial charge in [0.25, 0.3) is 0 Å². The van der Waals surface area contributed by atoms with Crippen molar-refractivity contribution in [1.82, 2.24) is 10.6 Å². The van der Waals surface area contributed by atoms with Gasteiger partial charge < -0.3 is 15.7 Å². The van der Waals surface area contributed by atoms with Gasteiger partial charge in [-0.15, -0.1) is 11.6 Å². The Balaban J connectivity index is 2.31. The van der Waals surface area contributed by atoms with Crippen molar-refractivity contribution in [2.45, 2.75) is 25.1 Å². The second-order valence-electron chi connectivity index (χ2n) is 5.49. The third-order valence-corrected chi connectivity index (χ3v) is 4.55. The van der Waals surface area contributed by atoms with Gasteiger partial charge in [0.05, 0.1) is 11.1 Å². The lowest BCUT2D eigenvalue weighted by molar-refractivity contribution is 0.247. The predicted molar refractivity (Wildman–Crippen MR) is 103 cm³/mol. The fourth-order valence-electron chi connectivity index (χ4n) is 2.49. The van der Waals surface area contributed by atoms with Crippen LogP contribution < -0.4 is 10.6 Å². The Morgan fingerprint density at radius 2 is 2.20 bits per heavy atom. The number of hydrogen-bond acceptors (Lipinski definition) is 2. The molecule has 1 aliphatic rings. The van der Waals surface area contributed by atoms with Gasteiger partial charge in [0, 0.05) is 16.3 Å². The van der Waals surface area contributed by atoms with Crippen molar-refractivity contribution in [1.29, 1.82) is 0 Å². The number of carbonyl (C=O) groups is 1. The normalized spacial score (nSPS) is 17.9. The van der Waals surface area contributed by atoms with Crippen LogP contribution in [0, 0.1) is 0 Å². The molecule has 1 atom stereocenters. The van der Waals surface area contributed by atoms with Crippen molar-refractivity contribution in [3.05, 3.63) is 70.9 Å². The minimum Gasteiger partial charge on any atom is -0.508 e. The standard InChI is InChI=1S/C19H20Cl2N2O2/c1-3-5-6-12(4-2)22-19(25)23-18-15-11-13(24)7-8-14(15)16(20)9-10-17(18)21/h3-8,11,16,24H,2,9-10H2,1H3,(H2,22,23,25)/b5-3-,12-6+. The molecule has 0 fully saturated rings. The summed E-state index contributed by atoms with van der Waals surface area (Å²) in [6.07, 6.45) is 8.07. The number of phenolic OH excluding ortho intramolecular Hbond substituents is 1. The van der Waals surface area contributed by atoms with Crippen molar-refractivity contribution in [2.24, 2.45) is 0 Å². The van der Waals surface area contributed by atoms with Crippen LogP contribution in [0.1, 0.15) is 36.3 Å². The Morgan fingerprint density at radius 3 is 2.88 bits per heavy atom. The van der Waals surface area contributed by atoms with E-state index in [0.717, 1.165) is 5.56 Å². The average Bonchev–Trinajstić information content (AvgIpc) is 2.70. The van der Waals surface area contributed by atoms with Gasteiger partial charge in [-0.1, -0.05) is 36.4 Å². The molecule has 1 aromatic carbocycles. The van der Waals surface area contributed by atoms with Crippen LogP contribution in [0.15, 0.2) is 59.8 Å². The summed E-state index contributed by atoms with van der Waals surface area (Å²) in [5.41, 5.74) is 2.43. The average molecular weight is 379 g/mol. The highest BCUT2D eigenvalue weighted by Crippen LogP contribution is 2.40. The van der Waals surface area contributed by atoms with Crippen molar-refractivity contribution in [3.63, 3.8) is 0 Å². The number of nitrogens with one attached hydrogen (secondary N) is 2. The predicted octanol–water partition coefficient (Wildman–Crippen LogP) is 5.32. The first-order valence-electron chi connectivity index (χ1n) is 7.85. The SMILES string of the molecule is C=C/C(=C\C=C/C)NC(=O)NC1=C(Cl)CCC(Cl)c2ccc(O)cc21. The van der Waals surface area contributed by atoms with Crippen LogP contribution in [0.5, 0.6) is 5.75 Å². The summed E-state index contributed by atoms with van der Waals surface area (Å²) in [5.74, 6) is 0.0773. The van der Waals surface area contributed by atoms with Crippen molar-refractivity contribution in [2.75, 3.05) is 0 Å². The third kappa shape index (κ3) is 4.91. The molecule has 1 aliphatic carbocycles. The van der Waals surface area contributed by atoms with Crippen LogP contribution in [0.4, 0.5) is 4.79 Å². The molecule has 1 aromatic rings. The molecular formula is C19H20Cl2N2O2. The largest absolute Gasteiger partial charge is 0.508 e. The lowest BCUT2D eigenvalue weighted by Gasteiger charge is -2.16. The minimum absolute atomic E-state index is 0.0773. The number of carbonyl (C=O) groups excluding carboxylic acids is 1. The van der Waals surface area contributed by atoms with E-state index in [1.807, 2.05) is 13.0 Å². The van der Waals surface area contributed by atoms with E-state index in [1.165, 1.54) is 6.08 Å². The molecule has 0 radical (unpaired) electrons. The molecule has 132 valence electrons. The quantitative estimate of drug-likeness (QED) is 0.490. The third-order valence-electron chi connectivity index (χ3n) is 3.72. The molecule has 4 nitrogen and oxygen atoms in total. The lowest BCUT2D eigenvalue weighted by atomic mass is 10.0. The van der Waals surface area contributed by atoms with E-state index in [4.69, 9.17) is 23.2 Å². The Bertz CT molecular complexity index is 767. The van der Waals surface area contributed by atoms with E-state index in [1.54, 1.807) is 30.4 Å². The van der Waals surface area contributed by atoms with Crippen molar-refractivity contribution < 1.29 is 9.90 Å².